The number of hydrogen-bond donors (Lipinski definition) is 1. The maximum atomic E-state index is 13.5. The van der Waals surface area contributed by atoms with Crippen LogP contribution in [0.1, 0.15) is 19.3 Å². The summed E-state index contributed by atoms with van der Waals surface area (Å²) in [6.45, 7) is 3.12. The number of rotatable bonds is 4. The van der Waals surface area contributed by atoms with Crippen LogP contribution in [0.25, 0.3) is 0 Å². The largest absolute Gasteiger partial charge is 0.341 e. The van der Waals surface area contributed by atoms with Gasteiger partial charge >= 0.3 is 0 Å². The molecule has 0 bridgehead atoms. The molecule has 2 aliphatic rings. The molecule has 0 aromatic heterocycles. The molecule has 1 aliphatic carbocycles. The smallest absolute Gasteiger partial charge is 0.238 e. The first kappa shape index (κ1) is 15.9. The summed E-state index contributed by atoms with van der Waals surface area (Å²) in [4.78, 5) is 28.1. The van der Waals surface area contributed by atoms with Crippen molar-refractivity contribution in [2.24, 2.45) is 5.92 Å². The van der Waals surface area contributed by atoms with Gasteiger partial charge in [0.25, 0.3) is 0 Å². The van der Waals surface area contributed by atoms with Crippen LogP contribution in [0.3, 0.4) is 0 Å². The van der Waals surface area contributed by atoms with E-state index in [1.165, 1.54) is 6.07 Å². The molecule has 1 saturated carbocycles. The number of carbonyl (C=O) groups excluding carboxylic acids is 2. The second kappa shape index (κ2) is 7.08. The minimum Gasteiger partial charge on any atom is -0.341 e. The molecule has 1 aromatic carbocycles. The Bertz CT molecular complexity index is 589. The monoisotopic (exact) mass is 319 g/mol. The quantitative estimate of drug-likeness (QED) is 0.919. The molecule has 1 N–H and O–H groups in total. The Balaban J connectivity index is 1.49. The topological polar surface area (TPSA) is 52.7 Å². The van der Waals surface area contributed by atoms with Crippen LogP contribution in [0.2, 0.25) is 0 Å². The van der Waals surface area contributed by atoms with Crippen LogP contribution >= 0.6 is 0 Å². The lowest BCUT2D eigenvalue weighted by atomic mass is 10.3. The van der Waals surface area contributed by atoms with E-state index in [1.807, 2.05) is 9.80 Å². The molecule has 1 saturated heterocycles. The Hall–Kier alpha value is -1.95. The van der Waals surface area contributed by atoms with Crippen molar-refractivity contribution in [1.82, 2.24) is 9.80 Å². The first-order chi connectivity index (χ1) is 11.1. The van der Waals surface area contributed by atoms with Gasteiger partial charge in [-0.3, -0.25) is 14.5 Å². The summed E-state index contributed by atoms with van der Waals surface area (Å²) in [7, 11) is 0. The lowest BCUT2D eigenvalue weighted by molar-refractivity contribution is -0.132. The van der Waals surface area contributed by atoms with Crippen molar-refractivity contribution in [2.45, 2.75) is 19.3 Å². The fourth-order valence-corrected chi connectivity index (χ4v) is 2.89. The summed E-state index contributed by atoms with van der Waals surface area (Å²) >= 11 is 0. The second-order valence-corrected chi connectivity index (χ2v) is 6.26. The van der Waals surface area contributed by atoms with Crippen molar-refractivity contribution >= 4 is 17.5 Å². The number of nitrogens with one attached hydrogen (secondary N) is 1. The second-order valence-electron chi connectivity index (χ2n) is 6.26. The van der Waals surface area contributed by atoms with E-state index in [2.05, 4.69) is 5.32 Å². The molecule has 0 atom stereocenters. The highest BCUT2D eigenvalue weighted by Gasteiger charge is 2.34. The van der Waals surface area contributed by atoms with Crippen LogP contribution in [0.5, 0.6) is 0 Å². The predicted molar refractivity (Wildman–Crippen MR) is 85.4 cm³/mol. The van der Waals surface area contributed by atoms with Crippen LogP contribution < -0.4 is 5.32 Å². The standard InChI is InChI=1S/C17H22FN3O2/c18-14-4-1-2-5-15(14)19-16(22)12-20-8-3-9-21(11-10-20)17(23)13-6-7-13/h1-2,4-5,13H,3,6-12H2,(H,19,22). The van der Waals surface area contributed by atoms with Gasteiger partial charge in [-0.25, -0.2) is 4.39 Å². The number of halogens is 1. The third kappa shape index (κ3) is 4.28. The van der Waals surface area contributed by atoms with Gasteiger partial charge in [0.2, 0.25) is 11.8 Å². The van der Waals surface area contributed by atoms with Gasteiger partial charge in [0.05, 0.1) is 12.2 Å². The normalized spacial score (nSPS) is 19.3. The number of carbonyl (C=O) groups is 2. The van der Waals surface area contributed by atoms with Gasteiger partial charge in [0, 0.05) is 32.1 Å². The molecule has 2 fully saturated rings. The highest BCUT2D eigenvalue weighted by molar-refractivity contribution is 5.92. The van der Waals surface area contributed by atoms with Crippen molar-refractivity contribution in [3.63, 3.8) is 0 Å². The molecule has 1 aromatic rings. The summed E-state index contributed by atoms with van der Waals surface area (Å²) in [5, 5.41) is 2.60. The van der Waals surface area contributed by atoms with Gasteiger partial charge in [0.15, 0.2) is 0 Å². The molecular formula is C17H22FN3O2. The molecule has 23 heavy (non-hydrogen) atoms. The highest BCUT2D eigenvalue weighted by atomic mass is 19.1. The zero-order valence-corrected chi connectivity index (χ0v) is 13.1. The zero-order chi connectivity index (χ0) is 16.2. The fraction of sp³-hybridized carbons (Fsp3) is 0.529. The van der Waals surface area contributed by atoms with Gasteiger partial charge in [-0.05, 0) is 31.4 Å². The third-order valence-corrected chi connectivity index (χ3v) is 4.34. The van der Waals surface area contributed by atoms with Crippen LogP contribution in [-0.2, 0) is 9.59 Å². The average Bonchev–Trinajstić information content (AvgIpc) is 3.36. The lowest BCUT2D eigenvalue weighted by Gasteiger charge is -2.21. The minimum absolute atomic E-state index is 0.206. The third-order valence-electron chi connectivity index (χ3n) is 4.34. The van der Waals surface area contributed by atoms with Crippen LogP contribution in [-0.4, -0.2) is 54.3 Å². The van der Waals surface area contributed by atoms with Gasteiger partial charge < -0.3 is 10.2 Å². The molecule has 2 amide bonds. The van der Waals surface area contributed by atoms with E-state index in [0.29, 0.717) is 13.1 Å². The Morgan fingerprint density at radius 1 is 1.13 bits per heavy atom. The maximum absolute atomic E-state index is 13.5. The van der Waals surface area contributed by atoms with Gasteiger partial charge in [0.1, 0.15) is 5.82 Å². The molecule has 0 radical (unpaired) electrons. The first-order valence-corrected chi connectivity index (χ1v) is 8.19. The fourth-order valence-electron chi connectivity index (χ4n) is 2.89. The van der Waals surface area contributed by atoms with Crippen molar-refractivity contribution in [1.29, 1.82) is 0 Å². The van der Waals surface area contributed by atoms with Crippen LogP contribution in [0, 0.1) is 11.7 Å². The van der Waals surface area contributed by atoms with Gasteiger partial charge in [-0.2, -0.15) is 0 Å². The summed E-state index contributed by atoms with van der Waals surface area (Å²) in [5.41, 5.74) is 0.206. The summed E-state index contributed by atoms with van der Waals surface area (Å²) in [6, 6.07) is 6.14. The predicted octanol–water partition coefficient (Wildman–Crippen LogP) is 1.71. The van der Waals surface area contributed by atoms with Crippen molar-refractivity contribution in [3.05, 3.63) is 30.1 Å². The number of anilines is 1. The van der Waals surface area contributed by atoms with E-state index < -0.39 is 5.82 Å². The van der Waals surface area contributed by atoms with Crippen molar-refractivity contribution in [2.75, 3.05) is 38.0 Å². The van der Waals surface area contributed by atoms with E-state index in [9.17, 15) is 14.0 Å². The van der Waals surface area contributed by atoms with Crippen molar-refractivity contribution in [3.8, 4) is 0 Å². The number of nitrogens with zero attached hydrogens (tertiary/aromatic N) is 2. The molecular weight excluding hydrogens is 297 g/mol. The molecule has 0 spiro atoms. The summed E-state index contributed by atoms with van der Waals surface area (Å²) < 4.78 is 13.5. The van der Waals surface area contributed by atoms with Gasteiger partial charge in [-0.1, -0.05) is 12.1 Å². The Morgan fingerprint density at radius 2 is 1.91 bits per heavy atom. The minimum atomic E-state index is -0.432. The number of para-hydroxylation sites is 1. The summed E-state index contributed by atoms with van der Waals surface area (Å²) in [5.74, 6) is -0.149. The Kier molecular flexibility index (Phi) is 4.91. The van der Waals surface area contributed by atoms with E-state index in [-0.39, 0.29) is 30.0 Å². The zero-order valence-electron chi connectivity index (χ0n) is 13.1. The van der Waals surface area contributed by atoms with E-state index in [1.54, 1.807) is 18.2 Å². The first-order valence-electron chi connectivity index (χ1n) is 8.19. The molecule has 124 valence electrons. The maximum Gasteiger partial charge on any atom is 0.238 e. The van der Waals surface area contributed by atoms with Crippen LogP contribution in [0.4, 0.5) is 10.1 Å². The number of amides is 2. The Labute approximate surface area is 135 Å². The highest BCUT2D eigenvalue weighted by Crippen LogP contribution is 2.31. The van der Waals surface area contributed by atoms with E-state index in [4.69, 9.17) is 0 Å². The SMILES string of the molecule is O=C(CN1CCCN(C(=O)C2CC2)CC1)Nc1ccccc1F. The van der Waals surface area contributed by atoms with Gasteiger partial charge in [-0.15, -0.1) is 0 Å². The molecule has 1 aliphatic heterocycles. The Morgan fingerprint density at radius 3 is 2.65 bits per heavy atom. The summed E-state index contributed by atoms with van der Waals surface area (Å²) in [6.07, 6.45) is 2.90. The molecule has 0 unspecified atom stereocenters. The van der Waals surface area contributed by atoms with E-state index >= 15 is 0 Å². The van der Waals surface area contributed by atoms with Crippen LogP contribution in [0.15, 0.2) is 24.3 Å². The average molecular weight is 319 g/mol. The number of hydrogen-bond acceptors (Lipinski definition) is 3. The van der Waals surface area contributed by atoms with E-state index in [0.717, 1.165) is 32.4 Å². The number of benzene rings is 1. The molecule has 6 heteroatoms. The molecule has 5 nitrogen and oxygen atoms in total. The molecule has 1 heterocycles. The molecule has 3 rings (SSSR count). The van der Waals surface area contributed by atoms with Crippen molar-refractivity contribution < 1.29 is 14.0 Å². The lowest BCUT2D eigenvalue weighted by Crippen LogP contribution is -2.38.